The number of pyridine rings is 1. The minimum atomic E-state index is 0.617. The summed E-state index contributed by atoms with van der Waals surface area (Å²) in [5.41, 5.74) is 14.9. The van der Waals surface area contributed by atoms with Gasteiger partial charge in [-0.3, -0.25) is 0 Å². The van der Waals surface area contributed by atoms with Crippen molar-refractivity contribution in [3.05, 3.63) is 231 Å². The third-order valence-corrected chi connectivity index (χ3v) is 11.6. The topological polar surface area (TPSA) is 51.6 Å². The standard InChI is InChI=1S/C58H38N4/c1-4-13-39(14-5-1)41-23-29-46(30-24-41)56-60-57(47-31-25-42(26-32-47)40-15-6-2-7-16-40)62-58(61-56)48-33-27-43(28-34-48)49-20-12-21-50(37-49)54-38-52(44-17-8-3-9-18-44)55-51-22-11-10-19-45(51)35-36-53(55)59-54/h1-38H. The van der Waals surface area contributed by atoms with Crippen LogP contribution >= 0.6 is 0 Å². The molecule has 2 aromatic heterocycles. The Balaban J connectivity index is 0.954. The zero-order chi connectivity index (χ0) is 41.2. The van der Waals surface area contributed by atoms with Gasteiger partial charge in [0.2, 0.25) is 0 Å². The lowest BCUT2D eigenvalue weighted by atomic mass is 9.94. The molecule has 0 aliphatic carbocycles. The molecule has 0 atom stereocenters. The van der Waals surface area contributed by atoms with Crippen LogP contribution in [-0.4, -0.2) is 19.9 Å². The molecule has 0 N–H and O–H groups in total. The van der Waals surface area contributed by atoms with Crippen LogP contribution in [0, 0.1) is 0 Å². The van der Waals surface area contributed by atoms with Crippen LogP contribution in [0.3, 0.4) is 0 Å². The van der Waals surface area contributed by atoms with E-state index in [2.05, 4.69) is 218 Å². The molecule has 4 heteroatoms. The van der Waals surface area contributed by atoms with Crippen LogP contribution in [0.1, 0.15) is 0 Å². The summed E-state index contributed by atoms with van der Waals surface area (Å²) in [6, 6.07) is 80.6. The molecule has 0 unspecified atom stereocenters. The first-order valence-electron chi connectivity index (χ1n) is 20.9. The van der Waals surface area contributed by atoms with Crippen molar-refractivity contribution in [3.8, 4) is 89.9 Å². The van der Waals surface area contributed by atoms with E-state index in [1.165, 1.54) is 38.4 Å². The van der Waals surface area contributed by atoms with E-state index in [4.69, 9.17) is 19.9 Å². The lowest BCUT2D eigenvalue weighted by molar-refractivity contribution is 1.07. The van der Waals surface area contributed by atoms with Crippen molar-refractivity contribution in [3.63, 3.8) is 0 Å². The Kier molecular flexibility index (Phi) is 9.49. The summed E-state index contributed by atoms with van der Waals surface area (Å²) in [7, 11) is 0. The predicted octanol–water partition coefficient (Wildman–Crippen LogP) is 14.9. The second-order valence-corrected chi connectivity index (χ2v) is 15.5. The van der Waals surface area contributed by atoms with Crippen LogP contribution < -0.4 is 0 Å². The Morgan fingerprint density at radius 1 is 0.242 bits per heavy atom. The van der Waals surface area contributed by atoms with E-state index in [9.17, 15) is 0 Å². The molecule has 4 nitrogen and oxygen atoms in total. The van der Waals surface area contributed by atoms with Gasteiger partial charge in [0, 0.05) is 27.6 Å². The highest BCUT2D eigenvalue weighted by Crippen LogP contribution is 2.38. The highest BCUT2D eigenvalue weighted by Gasteiger charge is 2.16. The van der Waals surface area contributed by atoms with Gasteiger partial charge >= 0.3 is 0 Å². The summed E-state index contributed by atoms with van der Waals surface area (Å²) in [5, 5.41) is 3.58. The molecule has 62 heavy (non-hydrogen) atoms. The predicted molar refractivity (Wildman–Crippen MR) is 256 cm³/mol. The van der Waals surface area contributed by atoms with Crippen LogP contribution in [-0.2, 0) is 0 Å². The van der Waals surface area contributed by atoms with Crippen molar-refractivity contribution in [2.24, 2.45) is 0 Å². The Morgan fingerprint density at radius 2 is 0.645 bits per heavy atom. The van der Waals surface area contributed by atoms with Crippen LogP contribution in [0.2, 0.25) is 0 Å². The van der Waals surface area contributed by atoms with E-state index in [-0.39, 0.29) is 0 Å². The third-order valence-electron chi connectivity index (χ3n) is 11.6. The minimum Gasteiger partial charge on any atom is -0.248 e. The molecule has 0 aliphatic rings. The number of hydrogen-bond donors (Lipinski definition) is 0. The van der Waals surface area contributed by atoms with Gasteiger partial charge in [-0.05, 0) is 73.5 Å². The molecule has 290 valence electrons. The van der Waals surface area contributed by atoms with Crippen LogP contribution in [0.4, 0.5) is 0 Å². The molecule has 0 fully saturated rings. The first-order chi connectivity index (χ1) is 30.7. The summed E-state index contributed by atoms with van der Waals surface area (Å²) < 4.78 is 0. The van der Waals surface area contributed by atoms with Crippen molar-refractivity contribution in [1.82, 2.24) is 19.9 Å². The molecular weight excluding hydrogens is 753 g/mol. The molecule has 0 aliphatic heterocycles. The van der Waals surface area contributed by atoms with Gasteiger partial charge in [0.25, 0.3) is 0 Å². The Hall–Kier alpha value is -8.34. The van der Waals surface area contributed by atoms with E-state index in [1.807, 2.05) is 12.1 Å². The summed E-state index contributed by atoms with van der Waals surface area (Å²) in [6.45, 7) is 0. The molecule has 11 rings (SSSR count). The van der Waals surface area contributed by atoms with Crippen molar-refractivity contribution >= 4 is 21.7 Å². The first kappa shape index (κ1) is 36.7. The molecule has 9 aromatic carbocycles. The van der Waals surface area contributed by atoms with E-state index in [0.29, 0.717) is 17.5 Å². The largest absolute Gasteiger partial charge is 0.248 e. The molecule has 0 amide bonds. The Morgan fingerprint density at radius 3 is 1.18 bits per heavy atom. The highest BCUT2D eigenvalue weighted by atomic mass is 15.0. The maximum Gasteiger partial charge on any atom is 0.164 e. The van der Waals surface area contributed by atoms with Crippen molar-refractivity contribution in [1.29, 1.82) is 0 Å². The van der Waals surface area contributed by atoms with Gasteiger partial charge in [0.15, 0.2) is 17.5 Å². The second-order valence-electron chi connectivity index (χ2n) is 15.5. The Bertz CT molecular complexity index is 3250. The van der Waals surface area contributed by atoms with Gasteiger partial charge in [-0.2, -0.15) is 0 Å². The number of hydrogen-bond acceptors (Lipinski definition) is 4. The average molecular weight is 791 g/mol. The molecule has 0 bridgehead atoms. The van der Waals surface area contributed by atoms with Crippen molar-refractivity contribution < 1.29 is 0 Å². The van der Waals surface area contributed by atoms with Gasteiger partial charge in [-0.25, -0.2) is 19.9 Å². The van der Waals surface area contributed by atoms with Crippen LogP contribution in [0.5, 0.6) is 0 Å². The lowest BCUT2D eigenvalue weighted by Crippen LogP contribution is -2.00. The van der Waals surface area contributed by atoms with Crippen LogP contribution in [0.15, 0.2) is 231 Å². The molecule has 0 radical (unpaired) electrons. The molecule has 11 aromatic rings. The quantitative estimate of drug-likeness (QED) is 0.144. The molecule has 0 spiro atoms. The van der Waals surface area contributed by atoms with Crippen LogP contribution in [0.25, 0.3) is 112 Å². The monoisotopic (exact) mass is 790 g/mol. The average Bonchev–Trinajstić information content (AvgIpc) is 3.37. The summed E-state index contributed by atoms with van der Waals surface area (Å²) >= 11 is 0. The fourth-order valence-corrected chi connectivity index (χ4v) is 8.32. The Labute approximate surface area is 360 Å². The molecule has 0 saturated heterocycles. The van der Waals surface area contributed by atoms with Gasteiger partial charge in [-0.1, -0.05) is 212 Å². The molecular formula is C58H38N4. The number of benzene rings is 9. The number of fused-ring (bicyclic) bond motifs is 3. The number of nitrogens with zero attached hydrogens (tertiary/aromatic N) is 4. The van der Waals surface area contributed by atoms with E-state index >= 15 is 0 Å². The van der Waals surface area contributed by atoms with Gasteiger partial charge < -0.3 is 0 Å². The smallest absolute Gasteiger partial charge is 0.164 e. The van der Waals surface area contributed by atoms with Crippen molar-refractivity contribution in [2.75, 3.05) is 0 Å². The first-order valence-corrected chi connectivity index (χ1v) is 20.9. The fraction of sp³-hybridized carbons (Fsp3) is 0. The van der Waals surface area contributed by atoms with Gasteiger partial charge in [0.05, 0.1) is 11.2 Å². The lowest BCUT2D eigenvalue weighted by Gasteiger charge is -2.14. The van der Waals surface area contributed by atoms with E-state index in [1.54, 1.807) is 0 Å². The zero-order valence-electron chi connectivity index (χ0n) is 33.7. The zero-order valence-corrected chi connectivity index (χ0v) is 33.7. The molecule has 0 saturated carbocycles. The van der Waals surface area contributed by atoms with E-state index in [0.717, 1.165) is 55.7 Å². The van der Waals surface area contributed by atoms with Gasteiger partial charge in [0.1, 0.15) is 0 Å². The highest BCUT2D eigenvalue weighted by molar-refractivity contribution is 6.13. The number of rotatable bonds is 8. The fourth-order valence-electron chi connectivity index (χ4n) is 8.32. The second kappa shape index (κ2) is 16.0. The van der Waals surface area contributed by atoms with E-state index < -0.39 is 0 Å². The maximum absolute atomic E-state index is 5.25. The SMILES string of the molecule is c1ccc(-c2ccc(-c3nc(-c4ccc(-c5ccccc5)cc4)nc(-c4ccc(-c5cccc(-c6cc(-c7ccccc7)c7c(ccc8ccccc87)n6)c5)cc4)n3)cc2)cc1. The molecule has 2 heterocycles. The number of aromatic nitrogens is 4. The van der Waals surface area contributed by atoms with Crippen molar-refractivity contribution in [2.45, 2.75) is 0 Å². The minimum absolute atomic E-state index is 0.617. The van der Waals surface area contributed by atoms with Gasteiger partial charge in [-0.15, -0.1) is 0 Å². The summed E-state index contributed by atoms with van der Waals surface area (Å²) in [4.78, 5) is 20.4. The maximum atomic E-state index is 5.25. The normalized spacial score (nSPS) is 11.2. The summed E-state index contributed by atoms with van der Waals surface area (Å²) in [5.74, 6) is 1.87. The summed E-state index contributed by atoms with van der Waals surface area (Å²) in [6.07, 6.45) is 0. The third kappa shape index (κ3) is 7.20.